The van der Waals surface area contributed by atoms with Crippen molar-refractivity contribution in [1.82, 2.24) is 24.6 Å². The molecule has 0 fully saturated rings. The number of quaternary nitrogens is 4. The van der Waals surface area contributed by atoms with Crippen molar-refractivity contribution in [3.8, 4) is 0 Å². The molecule has 9 heavy (non-hydrogen) atoms. The van der Waals surface area contributed by atoms with Gasteiger partial charge in [-0.25, -0.2) is 0 Å². The summed E-state index contributed by atoms with van der Waals surface area (Å²) in [5.74, 6) is 0. The van der Waals surface area contributed by atoms with Gasteiger partial charge in [-0.15, -0.1) is 0 Å². The molecule has 0 spiro atoms. The number of hydrogen-bond donors (Lipinski definition) is 4. The Kier molecular flexibility index (Phi) is 10000. The monoisotopic (exact) mass is 407 g/mol. The molecule has 0 saturated carbocycles. The maximum Gasteiger partial charge on any atom is 0 e. The molecule has 0 rings (SSSR count). The number of hydrogen-bond acceptors (Lipinski definition) is 0. The average Bonchev–Trinajstić information content (AvgIpc) is 0. The second-order valence-corrected chi connectivity index (χ2v) is 0. The van der Waals surface area contributed by atoms with Crippen molar-refractivity contribution in [1.29, 1.82) is 0 Å². The smallest absolute Gasteiger partial charge is 0 e. The minimum absolute atomic E-state index is 0. The van der Waals surface area contributed by atoms with Gasteiger partial charge >= 0.3 is 0 Å². The van der Waals surface area contributed by atoms with Gasteiger partial charge in [-0.1, -0.05) is 0 Å². The zero-order valence-electron chi connectivity index (χ0n) is 5.83. The van der Waals surface area contributed by atoms with Crippen LogP contribution in [0.3, 0.4) is 0 Å². The maximum atomic E-state index is 0. The molecule has 0 saturated heterocycles. The third-order valence-electron chi connectivity index (χ3n) is 0. The summed E-state index contributed by atoms with van der Waals surface area (Å²) >= 11 is 0. The van der Waals surface area contributed by atoms with E-state index in [2.05, 4.69) is 0 Å². The molecular weight excluding hydrogens is 393 g/mol. The van der Waals surface area contributed by atoms with Gasteiger partial charge in [0.15, 0.2) is 0 Å². The molecule has 0 amide bonds. The minimum atomic E-state index is 0. The summed E-state index contributed by atoms with van der Waals surface area (Å²) in [4.78, 5) is 0. The largest absolute Gasteiger partial charge is 1.00 e. The van der Waals surface area contributed by atoms with E-state index in [-0.39, 0.29) is 95.3 Å². The van der Waals surface area contributed by atoms with Gasteiger partial charge in [0.2, 0.25) is 0 Å². The second-order valence-electron chi connectivity index (χ2n) is 0. The van der Waals surface area contributed by atoms with Crippen LogP contribution >= 0.6 is 0 Å². The van der Waals surface area contributed by atoms with Gasteiger partial charge in [0.05, 0.1) is 0 Å². The van der Waals surface area contributed by atoms with E-state index in [1.807, 2.05) is 0 Å². The van der Waals surface area contributed by atoms with Crippen LogP contribution in [0.2, 0.25) is 0 Å². The molecule has 0 aliphatic heterocycles. The summed E-state index contributed by atoms with van der Waals surface area (Å²) in [5, 5.41) is 0. The van der Waals surface area contributed by atoms with E-state index < -0.39 is 0 Å². The Balaban J connectivity index is 0. The Morgan fingerprint density at radius 1 is 0.333 bits per heavy atom. The van der Waals surface area contributed by atoms with Gasteiger partial charge in [-0.05, 0) is 0 Å². The Hall–Kier alpha value is 1.69. The van der Waals surface area contributed by atoms with Gasteiger partial charge in [-0.2, -0.15) is 0 Å². The van der Waals surface area contributed by atoms with Crippen molar-refractivity contribution < 1.29 is 70.7 Å². The molecule has 0 radical (unpaired) electrons. The van der Waals surface area contributed by atoms with Gasteiger partial charge in [-0.3, -0.25) is 0 Å². The zero-order chi connectivity index (χ0) is 0. The Labute approximate surface area is 94.9 Å². The molecule has 0 atom stereocenters. The molecular formula is H16Cl4N4Pt. The predicted octanol–water partition coefficient (Wildman–Crippen LogP) is -10.5. The fourth-order valence-electron chi connectivity index (χ4n) is 0. The Bertz CT molecular complexity index is 12.5. The molecule has 0 unspecified atom stereocenters. The first-order chi connectivity index (χ1) is 0. The quantitative estimate of drug-likeness (QED) is 0.301. The third-order valence-corrected chi connectivity index (χ3v) is 0. The van der Waals surface area contributed by atoms with E-state index in [0.29, 0.717) is 0 Å². The minimum Gasteiger partial charge on any atom is -1.00 e. The third kappa shape index (κ3) is 201. The predicted molar refractivity (Wildman–Crippen MR) is 23.9 cm³/mol. The van der Waals surface area contributed by atoms with Gasteiger partial charge in [0.25, 0.3) is 0 Å². The van der Waals surface area contributed by atoms with Gasteiger partial charge in [0.1, 0.15) is 0 Å². The second kappa shape index (κ2) is 257. The van der Waals surface area contributed by atoms with E-state index in [1.165, 1.54) is 0 Å². The van der Waals surface area contributed by atoms with Crippen molar-refractivity contribution in [2.75, 3.05) is 0 Å². The van der Waals surface area contributed by atoms with E-state index >= 15 is 0 Å². The van der Waals surface area contributed by atoms with Crippen LogP contribution in [0.15, 0.2) is 0 Å². The van der Waals surface area contributed by atoms with E-state index in [4.69, 9.17) is 0 Å². The van der Waals surface area contributed by atoms with Crippen LogP contribution in [0.1, 0.15) is 0 Å². The van der Waals surface area contributed by atoms with Crippen LogP contribution in [-0.4, -0.2) is 0 Å². The first kappa shape index (κ1) is 352. The normalized spacial score (nSPS) is 0. The standard InChI is InChI=1S/4ClH.4H3N.Pt/h4*1H;4*1H3;. The van der Waals surface area contributed by atoms with Crippen LogP contribution < -0.4 is 74.2 Å². The van der Waals surface area contributed by atoms with Crippen molar-refractivity contribution >= 4 is 0 Å². The first-order valence-corrected chi connectivity index (χ1v) is 0. The summed E-state index contributed by atoms with van der Waals surface area (Å²) < 4.78 is 0. The summed E-state index contributed by atoms with van der Waals surface area (Å²) in [6.45, 7) is 0. The van der Waals surface area contributed by atoms with Crippen LogP contribution in [-0.2, 0) is 21.1 Å². The molecule has 0 aliphatic carbocycles. The van der Waals surface area contributed by atoms with E-state index in [9.17, 15) is 0 Å². The number of halogens is 4. The average molecular weight is 409 g/mol. The molecule has 0 aromatic carbocycles. The van der Waals surface area contributed by atoms with Crippen LogP contribution in [0.4, 0.5) is 0 Å². The van der Waals surface area contributed by atoms with Crippen molar-refractivity contribution in [2.45, 2.75) is 0 Å². The fraction of sp³-hybridized carbons (Fsp3) is 0. The maximum absolute atomic E-state index is 0. The molecule has 0 aromatic rings. The van der Waals surface area contributed by atoms with Crippen molar-refractivity contribution in [3.63, 3.8) is 0 Å². The molecule has 0 aromatic heterocycles. The first-order valence-electron chi connectivity index (χ1n) is 0. The zero-order valence-corrected chi connectivity index (χ0v) is 11.1. The molecule has 4 nitrogen and oxygen atoms in total. The molecule has 9 heteroatoms. The molecule has 74 valence electrons. The SMILES string of the molecule is [Cl-].[Cl-].[Cl-].[Cl-].[NH4+].[NH4+].[NH4+].[NH4+].[Pt]. The van der Waals surface area contributed by atoms with Gasteiger partial charge in [0, 0.05) is 21.1 Å². The van der Waals surface area contributed by atoms with E-state index in [1.54, 1.807) is 0 Å². The molecule has 0 bridgehead atoms. The molecule has 16 N–H and O–H groups in total. The summed E-state index contributed by atoms with van der Waals surface area (Å²) in [7, 11) is 0. The van der Waals surface area contributed by atoms with Gasteiger partial charge < -0.3 is 74.2 Å². The Morgan fingerprint density at radius 3 is 0.333 bits per heavy atom. The van der Waals surface area contributed by atoms with E-state index in [0.717, 1.165) is 0 Å². The van der Waals surface area contributed by atoms with Crippen LogP contribution in [0.25, 0.3) is 0 Å². The van der Waals surface area contributed by atoms with Crippen molar-refractivity contribution in [3.05, 3.63) is 0 Å². The van der Waals surface area contributed by atoms with Crippen LogP contribution in [0, 0.1) is 0 Å². The molecule has 0 heterocycles. The summed E-state index contributed by atoms with van der Waals surface area (Å²) in [6.07, 6.45) is 0. The Morgan fingerprint density at radius 2 is 0.333 bits per heavy atom. The summed E-state index contributed by atoms with van der Waals surface area (Å²) in [5.41, 5.74) is 0. The summed E-state index contributed by atoms with van der Waals surface area (Å²) in [6, 6.07) is 0. The molecule has 0 aliphatic rings. The fourth-order valence-corrected chi connectivity index (χ4v) is 0. The van der Waals surface area contributed by atoms with Crippen LogP contribution in [0.5, 0.6) is 0 Å². The van der Waals surface area contributed by atoms with Crippen molar-refractivity contribution in [2.24, 2.45) is 0 Å². The topological polar surface area (TPSA) is 146 Å². The number of rotatable bonds is 0.